The van der Waals surface area contributed by atoms with E-state index in [0.29, 0.717) is 5.75 Å². The summed E-state index contributed by atoms with van der Waals surface area (Å²) < 4.78 is 43.7. The minimum atomic E-state index is -4.47. The van der Waals surface area contributed by atoms with Crippen LogP contribution in [0, 0.1) is 13.8 Å². The highest BCUT2D eigenvalue weighted by Crippen LogP contribution is 2.30. The summed E-state index contributed by atoms with van der Waals surface area (Å²) in [5, 5.41) is 9.32. The van der Waals surface area contributed by atoms with Gasteiger partial charge in [-0.2, -0.15) is 13.2 Å². The van der Waals surface area contributed by atoms with Crippen LogP contribution in [0.5, 0.6) is 5.75 Å². The Balaban J connectivity index is 2.21. The molecule has 0 aromatic heterocycles. The van der Waals surface area contributed by atoms with Crippen LogP contribution in [0.1, 0.15) is 22.3 Å². The maximum Gasteiger partial charge on any atom is 0.416 e. The first-order valence-electron chi connectivity index (χ1n) is 7.29. The number of benzene rings is 2. The topological polar surface area (TPSA) is 46.5 Å². The van der Waals surface area contributed by atoms with Gasteiger partial charge in [0.1, 0.15) is 5.75 Å². The first-order chi connectivity index (χ1) is 11.1. The van der Waals surface area contributed by atoms with Crippen molar-refractivity contribution in [3.05, 3.63) is 64.7 Å². The van der Waals surface area contributed by atoms with Gasteiger partial charge in [-0.15, -0.1) is 0 Å². The maximum absolute atomic E-state index is 12.8. The highest BCUT2D eigenvalue weighted by Gasteiger charge is 2.31. The lowest BCUT2D eigenvalue weighted by Crippen LogP contribution is -2.29. The second-order valence-electron chi connectivity index (χ2n) is 5.67. The van der Waals surface area contributed by atoms with E-state index in [1.165, 1.54) is 12.1 Å². The summed E-state index contributed by atoms with van der Waals surface area (Å²) in [4.78, 5) is 11.4. The van der Waals surface area contributed by atoms with Crippen LogP contribution in [-0.4, -0.2) is 17.2 Å². The van der Waals surface area contributed by atoms with Crippen LogP contribution in [0.4, 0.5) is 13.2 Å². The molecule has 0 unspecified atom stereocenters. The van der Waals surface area contributed by atoms with Crippen LogP contribution in [-0.2, 0) is 17.4 Å². The van der Waals surface area contributed by atoms with Gasteiger partial charge < -0.3 is 9.84 Å². The molecule has 0 radical (unpaired) electrons. The van der Waals surface area contributed by atoms with Crippen molar-refractivity contribution in [3.63, 3.8) is 0 Å². The summed E-state index contributed by atoms with van der Waals surface area (Å²) in [6.45, 7) is 3.70. The van der Waals surface area contributed by atoms with Gasteiger partial charge in [0, 0.05) is 6.42 Å². The third-order valence-corrected chi connectivity index (χ3v) is 3.42. The fraction of sp³-hybridized carbons (Fsp3) is 0.278. The smallest absolute Gasteiger partial charge is 0.416 e. The van der Waals surface area contributed by atoms with Crippen molar-refractivity contribution in [2.45, 2.75) is 32.5 Å². The average molecular weight is 338 g/mol. The predicted octanol–water partition coefficient (Wildman–Crippen LogP) is 4.40. The molecule has 1 N–H and O–H groups in total. The molecule has 0 amide bonds. The number of aliphatic carboxylic acids is 1. The minimum Gasteiger partial charge on any atom is -0.478 e. The monoisotopic (exact) mass is 338 g/mol. The van der Waals surface area contributed by atoms with E-state index < -0.39 is 23.8 Å². The molecule has 2 aromatic carbocycles. The number of halogens is 3. The standard InChI is InChI=1S/C18H17F3O3/c1-11-6-12(2)8-15(7-11)24-16(17(22)23)10-13-4-3-5-14(9-13)18(19,20)21/h3-9,16H,10H2,1-2H3,(H,22,23)/t16-/m1/s1. The molecule has 6 heteroatoms. The molecular formula is C18H17F3O3. The summed E-state index contributed by atoms with van der Waals surface area (Å²) >= 11 is 0. The largest absolute Gasteiger partial charge is 0.478 e. The second-order valence-corrected chi connectivity index (χ2v) is 5.67. The Morgan fingerprint density at radius 1 is 1.12 bits per heavy atom. The van der Waals surface area contributed by atoms with Gasteiger partial charge >= 0.3 is 12.1 Å². The zero-order valence-electron chi connectivity index (χ0n) is 13.2. The number of carboxylic acid groups (broad SMARTS) is 1. The van der Waals surface area contributed by atoms with Crippen molar-refractivity contribution in [2.24, 2.45) is 0 Å². The third kappa shape index (κ3) is 4.75. The Hall–Kier alpha value is -2.50. The lowest BCUT2D eigenvalue weighted by Gasteiger charge is -2.17. The summed E-state index contributed by atoms with van der Waals surface area (Å²) in [6.07, 6.45) is -5.90. The summed E-state index contributed by atoms with van der Waals surface area (Å²) in [5.74, 6) is -0.849. The van der Waals surface area contributed by atoms with E-state index in [1.54, 1.807) is 12.1 Å². The van der Waals surface area contributed by atoms with Gasteiger partial charge in [-0.3, -0.25) is 0 Å². The fourth-order valence-corrected chi connectivity index (χ4v) is 2.43. The van der Waals surface area contributed by atoms with Gasteiger partial charge in [0.15, 0.2) is 6.10 Å². The van der Waals surface area contributed by atoms with E-state index in [1.807, 2.05) is 19.9 Å². The van der Waals surface area contributed by atoms with E-state index in [2.05, 4.69) is 0 Å². The average Bonchev–Trinajstić information content (AvgIpc) is 2.45. The van der Waals surface area contributed by atoms with Crippen LogP contribution < -0.4 is 4.74 Å². The molecule has 24 heavy (non-hydrogen) atoms. The number of carbonyl (C=O) groups is 1. The number of aryl methyl sites for hydroxylation is 2. The molecule has 2 aromatic rings. The highest BCUT2D eigenvalue weighted by molar-refractivity contribution is 5.73. The number of alkyl halides is 3. The highest BCUT2D eigenvalue weighted by atomic mass is 19.4. The molecule has 128 valence electrons. The Bertz CT molecular complexity index is 718. The molecule has 0 saturated heterocycles. The SMILES string of the molecule is Cc1cc(C)cc(O[C@H](Cc2cccc(C(F)(F)F)c2)C(=O)O)c1. The quantitative estimate of drug-likeness (QED) is 0.879. The molecule has 0 aliphatic heterocycles. The molecule has 0 heterocycles. The molecule has 2 rings (SSSR count). The molecule has 1 atom stereocenters. The van der Waals surface area contributed by atoms with Crippen molar-refractivity contribution in [1.82, 2.24) is 0 Å². The van der Waals surface area contributed by atoms with Crippen molar-refractivity contribution >= 4 is 5.97 Å². The first kappa shape index (κ1) is 17.8. The summed E-state index contributed by atoms with van der Waals surface area (Å²) in [5.41, 5.74) is 1.26. The lowest BCUT2D eigenvalue weighted by atomic mass is 10.0. The molecule has 3 nitrogen and oxygen atoms in total. The van der Waals surface area contributed by atoms with Crippen molar-refractivity contribution in [3.8, 4) is 5.75 Å². The van der Waals surface area contributed by atoms with Crippen molar-refractivity contribution < 1.29 is 27.8 Å². The molecule has 0 spiro atoms. The first-order valence-corrected chi connectivity index (χ1v) is 7.29. The summed E-state index contributed by atoms with van der Waals surface area (Å²) in [7, 11) is 0. The van der Waals surface area contributed by atoms with Gasteiger partial charge in [0.25, 0.3) is 0 Å². The normalized spacial score (nSPS) is 12.7. The Kier molecular flexibility index (Phi) is 5.17. The Morgan fingerprint density at radius 2 is 1.75 bits per heavy atom. The number of hydrogen-bond donors (Lipinski definition) is 1. The van der Waals surface area contributed by atoms with Gasteiger partial charge in [0.2, 0.25) is 0 Å². The van der Waals surface area contributed by atoms with Crippen LogP contribution in [0.15, 0.2) is 42.5 Å². The van der Waals surface area contributed by atoms with Crippen molar-refractivity contribution in [2.75, 3.05) is 0 Å². The van der Waals surface area contributed by atoms with Crippen LogP contribution in [0.2, 0.25) is 0 Å². The number of rotatable bonds is 5. The second kappa shape index (κ2) is 6.95. The Morgan fingerprint density at radius 3 is 2.29 bits per heavy atom. The zero-order valence-corrected chi connectivity index (χ0v) is 13.2. The number of hydrogen-bond acceptors (Lipinski definition) is 2. The third-order valence-electron chi connectivity index (χ3n) is 3.42. The maximum atomic E-state index is 12.8. The van der Waals surface area contributed by atoms with Gasteiger partial charge in [0.05, 0.1) is 5.56 Å². The van der Waals surface area contributed by atoms with E-state index in [4.69, 9.17) is 4.74 Å². The van der Waals surface area contributed by atoms with Gasteiger partial charge in [-0.25, -0.2) is 4.79 Å². The molecule has 0 saturated carbocycles. The number of ether oxygens (including phenoxy) is 1. The van der Waals surface area contributed by atoms with Crippen molar-refractivity contribution in [1.29, 1.82) is 0 Å². The zero-order chi connectivity index (χ0) is 17.9. The van der Waals surface area contributed by atoms with Crippen LogP contribution >= 0.6 is 0 Å². The predicted molar refractivity (Wildman–Crippen MR) is 83.1 cm³/mol. The Labute approximate surface area is 137 Å². The van der Waals surface area contributed by atoms with E-state index in [0.717, 1.165) is 23.3 Å². The van der Waals surface area contributed by atoms with Crippen LogP contribution in [0.25, 0.3) is 0 Å². The lowest BCUT2D eigenvalue weighted by molar-refractivity contribution is -0.145. The van der Waals surface area contributed by atoms with Gasteiger partial charge in [-0.1, -0.05) is 24.3 Å². The van der Waals surface area contributed by atoms with Crippen LogP contribution in [0.3, 0.4) is 0 Å². The van der Waals surface area contributed by atoms with E-state index in [9.17, 15) is 23.1 Å². The number of carboxylic acids is 1. The van der Waals surface area contributed by atoms with E-state index >= 15 is 0 Å². The minimum absolute atomic E-state index is 0.160. The molecule has 0 aliphatic rings. The molecular weight excluding hydrogens is 321 g/mol. The molecule has 0 bridgehead atoms. The molecule has 0 fully saturated rings. The van der Waals surface area contributed by atoms with Gasteiger partial charge in [-0.05, 0) is 48.7 Å². The summed E-state index contributed by atoms with van der Waals surface area (Å²) in [6, 6.07) is 9.90. The van der Waals surface area contributed by atoms with E-state index in [-0.39, 0.29) is 12.0 Å². The fourth-order valence-electron chi connectivity index (χ4n) is 2.43. The molecule has 0 aliphatic carbocycles.